The number of ether oxygens (including phenoxy) is 1. The van der Waals surface area contributed by atoms with Crippen molar-refractivity contribution in [2.45, 2.75) is 24.8 Å². The normalized spacial score (nSPS) is 11.9. The lowest BCUT2D eigenvalue weighted by atomic mass is 10.4. The van der Waals surface area contributed by atoms with Crippen molar-refractivity contribution < 1.29 is 17.6 Å². The molecule has 21 heavy (non-hydrogen) atoms. The van der Waals surface area contributed by atoms with E-state index in [2.05, 4.69) is 20.7 Å². The van der Waals surface area contributed by atoms with E-state index in [-0.39, 0.29) is 0 Å². The van der Waals surface area contributed by atoms with Gasteiger partial charge in [0.2, 0.25) is 10.0 Å². The molecule has 0 aliphatic carbocycles. The van der Waals surface area contributed by atoms with Crippen LogP contribution in [-0.2, 0) is 21.4 Å². The van der Waals surface area contributed by atoms with E-state index >= 15 is 0 Å². The first-order chi connectivity index (χ1) is 9.99. The number of hydrogen-bond donors (Lipinski definition) is 1. The quantitative estimate of drug-likeness (QED) is 0.698. The molecule has 116 valence electrons. The van der Waals surface area contributed by atoms with Crippen LogP contribution in [0.15, 0.2) is 37.6 Å². The zero-order chi connectivity index (χ0) is 15.3. The van der Waals surface area contributed by atoms with Crippen LogP contribution in [0.1, 0.15) is 17.1 Å². The molecule has 0 radical (unpaired) electrons. The van der Waals surface area contributed by atoms with Gasteiger partial charge in [0.1, 0.15) is 12.4 Å². The van der Waals surface area contributed by atoms with Crippen LogP contribution in [0.25, 0.3) is 0 Å². The lowest BCUT2D eigenvalue weighted by molar-refractivity contribution is 0.105. The lowest BCUT2D eigenvalue weighted by Gasteiger charge is -2.06. The Kier molecular flexibility index (Phi) is 6.00. The van der Waals surface area contributed by atoms with Crippen molar-refractivity contribution in [2.75, 3.05) is 13.2 Å². The second-order valence-corrected chi connectivity index (χ2v) is 8.73. The predicted molar refractivity (Wildman–Crippen MR) is 84.9 cm³/mol. The summed E-state index contributed by atoms with van der Waals surface area (Å²) in [6.07, 6.45) is 2.19. The molecule has 0 amide bonds. The largest absolute Gasteiger partial charge is 0.467 e. The third kappa shape index (κ3) is 4.93. The molecule has 0 unspecified atom stereocenters. The van der Waals surface area contributed by atoms with Crippen molar-refractivity contribution >= 4 is 37.3 Å². The molecule has 0 fully saturated rings. The minimum absolute atomic E-state index is 0.330. The number of rotatable bonds is 8. The Morgan fingerprint density at radius 2 is 2.29 bits per heavy atom. The topological polar surface area (TPSA) is 68.5 Å². The Morgan fingerprint density at radius 1 is 1.48 bits per heavy atom. The van der Waals surface area contributed by atoms with Gasteiger partial charge in [-0.3, -0.25) is 0 Å². The Balaban J connectivity index is 1.71. The first-order valence-electron chi connectivity index (χ1n) is 6.35. The van der Waals surface area contributed by atoms with Gasteiger partial charge in [-0.2, -0.15) is 0 Å². The minimum Gasteiger partial charge on any atom is -0.467 e. The van der Waals surface area contributed by atoms with Gasteiger partial charge in [0.25, 0.3) is 0 Å². The van der Waals surface area contributed by atoms with Gasteiger partial charge in [-0.15, -0.1) is 11.3 Å². The van der Waals surface area contributed by atoms with Crippen LogP contribution in [0.4, 0.5) is 0 Å². The second-order valence-electron chi connectivity index (χ2n) is 4.35. The molecule has 0 bridgehead atoms. The number of thiophene rings is 1. The van der Waals surface area contributed by atoms with Gasteiger partial charge in [0.05, 0.1) is 14.9 Å². The summed E-state index contributed by atoms with van der Waals surface area (Å²) in [5.74, 6) is 0.759. The maximum Gasteiger partial charge on any atom is 0.241 e. The molecule has 2 heterocycles. The number of nitrogens with one attached hydrogen (secondary N) is 1. The highest BCUT2D eigenvalue weighted by Crippen LogP contribution is 2.29. The summed E-state index contributed by atoms with van der Waals surface area (Å²) in [6.45, 7) is 3.00. The van der Waals surface area contributed by atoms with Gasteiger partial charge < -0.3 is 9.15 Å². The fourth-order valence-corrected chi connectivity index (χ4v) is 5.21. The summed E-state index contributed by atoms with van der Waals surface area (Å²) in [7, 11) is -3.44. The summed E-state index contributed by atoms with van der Waals surface area (Å²) in [4.78, 5) is 1.10. The summed E-state index contributed by atoms with van der Waals surface area (Å²) < 4.78 is 38.1. The first kappa shape index (κ1) is 16.7. The molecule has 0 aromatic carbocycles. The van der Waals surface area contributed by atoms with Crippen molar-refractivity contribution in [2.24, 2.45) is 0 Å². The molecule has 0 saturated carbocycles. The van der Waals surface area contributed by atoms with Crippen LogP contribution in [0.2, 0.25) is 0 Å². The summed E-state index contributed by atoms with van der Waals surface area (Å²) in [5, 5.41) is 0. The average Bonchev–Trinajstić information content (AvgIpc) is 3.03. The molecule has 2 rings (SSSR count). The standard InChI is InChI=1S/C13H16BrNO4S2/c1-10-12(8-13(14)20-10)21(16,17)15-5-3-6-18-9-11-4-2-7-19-11/h2,4,7-8,15H,3,5-6,9H2,1H3. The molecule has 0 saturated heterocycles. The fraction of sp³-hybridized carbons (Fsp3) is 0.385. The van der Waals surface area contributed by atoms with E-state index in [1.807, 2.05) is 6.07 Å². The molecule has 5 nitrogen and oxygen atoms in total. The highest BCUT2D eigenvalue weighted by Gasteiger charge is 2.18. The van der Waals surface area contributed by atoms with E-state index in [1.165, 1.54) is 11.3 Å². The van der Waals surface area contributed by atoms with Crippen LogP contribution in [0, 0.1) is 6.92 Å². The molecule has 0 atom stereocenters. The molecule has 0 aliphatic heterocycles. The zero-order valence-corrected chi connectivity index (χ0v) is 14.7. The molecular formula is C13H16BrNO4S2. The van der Waals surface area contributed by atoms with Gasteiger partial charge in [-0.05, 0) is 47.5 Å². The highest BCUT2D eigenvalue weighted by molar-refractivity contribution is 9.11. The van der Waals surface area contributed by atoms with Gasteiger partial charge in [0.15, 0.2) is 0 Å². The molecule has 2 aromatic heterocycles. The summed E-state index contributed by atoms with van der Waals surface area (Å²) in [5.41, 5.74) is 0. The average molecular weight is 394 g/mol. The van der Waals surface area contributed by atoms with Gasteiger partial charge in [-0.1, -0.05) is 0 Å². The number of furan rings is 1. The Hall–Kier alpha value is -0.670. The molecule has 0 spiro atoms. The van der Waals surface area contributed by atoms with E-state index in [4.69, 9.17) is 9.15 Å². The monoisotopic (exact) mass is 393 g/mol. The van der Waals surface area contributed by atoms with E-state index in [9.17, 15) is 8.42 Å². The SMILES string of the molecule is Cc1sc(Br)cc1S(=O)(=O)NCCCOCc1ccco1. The number of sulfonamides is 1. The van der Waals surface area contributed by atoms with E-state index in [1.54, 1.807) is 25.3 Å². The minimum atomic E-state index is -3.44. The Bertz CT molecular complexity index is 664. The van der Waals surface area contributed by atoms with Crippen LogP contribution >= 0.6 is 27.3 Å². The molecule has 2 aromatic rings. The highest BCUT2D eigenvalue weighted by atomic mass is 79.9. The molecule has 1 N–H and O–H groups in total. The maximum atomic E-state index is 12.1. The van der Waals surface area contributed by atoms with Gasteiger partial charge >= 0.3 is 0 Å². The lowest BCUT2D eigenvalue weighted by Crippen LogP contribution is -2.25. The smallest absolute Gasteiger partial charge is 0.241 e. The maximum absolute atomic E-state index is 12.1. The van der Waals surface area contributed by atoms with E-state index < -0.39 is 10.0 Å². The molecule has 0 aliphatic rings. The molecule has 8 heteroatoms. The third-order valence-corrected chi connectivity index (χ3v) is 5.98. The zero-order valence-electron chi connectivity index (χ0n) is 11.5. The molecular weight excluding hydrogens is 378 g/mol. The van der Waals surface area contributed by atoms with Crippen LogP contribution in [-0.4, -0.2) is 21.6 Å². The van der Waals surface area contributed by atoms with Gasteiger partial charge in [-0.25, -0.2) is 13.1 Å². The van der Waals surface area contributed by atoms with Crippen molar-refractivity contribution in [1.29, 1.82) is 0 Å². The van der Waals surface area contributed by atoms with Crippen LogP contribution < -0.4 is 4.72 Å². The summed E-state index contributed by atoms with van der Waals surface area (Å²) in [6, 6.07) is 5.25. The van der Waals surface area contributed by atoms with Crippen LogP contribution in [0.5, 0.6) is 0 Å². The second kappa shape index (κ2) is 7.55. The van der Waals surface area contributed by atoms with E-state index in [0.29, 0.717) is 31.1 Å². The number of halogens is 1. The first-order valence-corrected chi connectivity index (χ1v) is 9.44. The van der Waals surface area contributed by atoms with Crippen molar-refractivity contribution in [3.63, 3.8) is 0 Å². The van der Waals surface area contributed by atoms with Crippen molar-refractivity contribution in [1.82, 2.24) is 4.72 Å². The van der Waals surface area contributed by atoms with E-state index in [0.717, 1.165) is 14.4 Å². The van der Waals surface area contributed by atoms with Gasteiger partial charge in [0, 0.05) is 18.0 Å². The predicted octanol–water partition coefficient (Wildman–Crippen LogP) is 3.30. The fourth-order valence-electron chi connectivity index (χ4n) is 1.72. The third-order valence-electron chi connectivity index (χ3n) is 2.71. The Labute approximate surface area is 136 Å². The van der Waals surface area contributed by atoms with Crippen LogP contribution in [0.3, 0.4) is 0 Å². The van der Waals surface area contributed by atoms with Crippen molar-refractivity contribution in [3.05, 3.63) is 38.9 Å². The van der Waals surface area contributed by atoms with Crippen molar-refractivity contribution in [3.8, 4) is 0 Å². The number of aryl methyl sites for hydroxylation is 1. The Morgan fingerprint density at radius 3 is 2.90 bits per heavy atom. The summed E-state index contributed by atoms with van der Waals surface area (Å²) >= 11 is 4.70. The number of hydrogen-bond acceptors (Lipinski definition) is 5.